The van der Waals surface area contributed by atoms with Crippen LogP contribution in [0.5, 0.6) is 0 Å². The zero-order valence-corrected chi connectivity index (χ0v) is 12.8. The smallest absolute Gasteiger partial charge is 0.137 e. The summed E-state index contributed by atoms with van der Waals surface area (Å²) in [6.45, 7) is 12.8. The first-order valence-electron chi connectivity index (χ1n) is 6.42. The molecule has 1 saturated carbocycles. The van der Waals surface area contributed by atoms with Crippen LogP contribution < -0.4 is 5.32 Å². The van der Waals surface area contributed by atoms with Crippen molar-refractivity contribution >= 4 is 17.4 Å². The van der Waals surface area contributed by atoms with Crippen LogP contribution in [-0.2, 0) is 5.41 Å². The molecule has 1 unspecified atom stereocenters. The van der Waals surface area contributed by atoms with Gasteiger partial charge in [0.2, 0.25) is 0 Å². The lowest BCUT2D eigenvalue weighted by Gasteiger charge is -2.19. The van der Waals surface area contributed by atoms with Crippen molar-refractivity contribution in [2.45, 2.75) is 59.4 Å². The van der Waals surface area contributed by atoms with Gasteiger partial charge in [0.15, 0.2) is 0 Å². The molecule has 1 N–H and O–H groups in total. The maximum atomic E-state index is 6.21. The maximum absolute atomic E-state index is 6.21. The highest BCUT2D eigenvalue weighted by Gasteiger charge is 2.46. The van der Waals surface area contributed by atoms with Gasteiger partial charge in [-0.3, -0.25) is 0 Å². The Morgan fingerprint density at radius 1 is 1.28 bits per heavy atom. The molecule has 18 heavy (non-hydrogen) atoms. The Hall–Kier alpha value is -0.830. The normalized spacial score (nSPS) is 21.8. The zero-order chi connectivity index (χ0) is 13.7. The number of hydrogen-bond acceptors (Lipinski definition) is 3. The van der Waals surface area contributed by atoms with Crippen LogP contribution in [-0.4, -0.2) is 16.0 Å². The number of anilines is 1. The van der Waals surface area contributed by atoms with Crippen molar-refractivity contribution in [1.29, 1.82) is 0 Å². The lowest BCUT2D eigenvalue weighted by atomic mass is 9.95. The summed E-state index contributed by atoms with van der Waals surface area (Å²) >= 11 is 6.21. The van der Waals surface area contributed by atoms with Gasteiger partial charge in [-0.15, -0.1) is 0 Å². The standard InChI is InChI=1S/C14H22ClN3/c1-8-10(15)17-12(13(2,3)4)18-11(8)16-9-7-14(9,5)6/h9H,7H2,1-6H3,(H,16,17,18). The third-order valence-corrected chi connectivity index (χ3v) is 3.95. The maximum Gasteiger partial charge on any atom is 0.137 e. The van der Waals surface area contributed by atoms with Crippen LogP contribution in [0.3, 0.4) is 0 Å². The highest BCUT2D eigenvalue weighted by Crippen LogP contribution is 2.46. The van der Waals surface area contributed by atoms with E-state index in [2.05, 4.69) is 49.9 Å². The second kappa shape index (κ2) is 4.09. The van der Waals surface area contributed by atoms with E-state index in [1.54, 1.807) is 0 Å². The molecule has 1 atom stereocenters. The lowest BCUT2D eigenvalue weighted by Crippen LogP contribution is -2.19. The summed E-state index contributed by atoms with van der Waals surface area (Å²) in [5.41, 5.74) is 1.21. The van der Waals surface area contributed by atoms with Gasteiger partial charge in [-0.2, -0.15) is 0 Å². The van der Waals surface area contributed by atoms with Crippen molar-refractivity contribution in [2.75, 3.05) is 5.32 Å². The lowest BCUT2D eigenvalue weighted by molar-refractivity contribution is 0.544. The number of hydrogen-bond donors (Lipinski definition) is 1. The van der Waals surface area contributed by atoms with Crippen molar-refractivity contribution in [3.63, 3.8) is 0 Å². The van der Waals surface area contributed by atoms with E-state index >= 15 is 0 Å². The van der Waals surface area contributed by atoms with E-state index in [1.165, 1.54) is 6.42 Å². The van der Waals surface area contributed by atoms with Crippen LogP contribution in [0.4, 0.5) is 5.82 Å². The predicted octanol–water partition coefficient (Wildman–Crippen LogP) is 3.95. The summed E-state index contributed by atoms with van der Waals surface area (Å²) in [4.78, 5) is 9.03. The summed E-state index contributed by atoms with van der Waals surface area (Å²) in [7, 11) is 0. The minimum atomic E-state index is -0.0904. The molecule has 0 radical (unpaired) electrons. The van der Waals surface area contributed by atoms with Crippen LogP contribution in [0.1, 0.15) is 52.4 Å². The number of halogens is 1. The molecule has 4 heteroatoms. The third kappa shape index (κ3) is 2.61. The van der Waals surface area contributed by atoms with Gasteiger partial charge in [0, 0.05) is 17.0 Å². The Balaban J connectivity index is 2.32. The minimum absolute atomic E-state index is 0.0904. The SMILES string of the molecule is Cc1c(Cl)nc(C(C)(C)C)nc1NC1CC1(C)C. The Morgan fingerprint density at radius 2 is 1.83 bits per heavy atom. The molecule has 0 saturated heterocycles. The molecular formula is C14H22ClN3. The highest BCUT2D eigenvalue weighted by molar-refractivity contribution is 6.30. The molecule has 2 rings (SSSR count). The monoisotopic (exact) mass is 267 g/mol. The summed E-state index contributed by atoms with van der Waals surface area (Å²) in [6, 6.07) is 0.495. The molecule has 0 amide bonds. The van der Waals surface area contributed by atoms with Crippen molar-refractivity contribution < 1.29 is 0 Å². The summed E-state index contributed by atoms with van der Waals surface area (Å²) < 4.78 is 0. The second-order valence-corrected chi connectivity index (χ2v) is 7.31. The first-order chi connectivity index (χ1) is 8.11. The van der Waals surface area contributed by atoms with E-state index in [9.17, 15) is 0 Å². The molecule has 1 aromatic rings. The number of nitrogens with one attached hydrogen (secondary N) is 1. The molecular weight excluding hydrogens is 246 g/mol. The Morgan fingerprint density at radius 3 is 2.28 bits per heavy atom. The van der Waals surface area contributed by atoms with Gasteiger partial charge in [0.25, 0.3) is 0 Å². The van der Waals surface area contributed by atoms with Crippen LogP contribution in [0, 0.1) is 12.3 Å². The first kappa shape index (κ1) is 13.6. The largest absolute Gasteiger partial charge is 0.366 e. The van der Waals surface area contributed by atoms with Gasteiger partial charge < -0.3 is 5.32 Å². The molecule has 1 aromatic heterocycles. The van der Waals surface area contributed by atoms with E-state index in [-0.39, 0.29) is 5.41 Å². The Labute approximate surface area is 114 Å². The van der Waals surface area contributed by atoms with Crippen LogP contribution in [0.15, 0.2) is 0 Å². The quantitative estimate of drug-likeness (QED) is 0.825. The van der Waals surface area contributed by atoms with Gasteiger partial charge in [-0.1, -0.05) is 46.2 Å². The van der Waals surface area contributed by atoms with E-state index < -0.39 is 0 Å². The van der Waals surface area contributed by atoms with Gasteiger partial charge >= 0.3 is 0 Å². The average Bonchev–Trinajstić information content (AvgIpc) is 2.79. The molecule has 3 nitrogen and oxygen atoms in total. The Kier molecular flexibility index (Phi) is 3.09. The van der Waals surface area contributed by atoms with Gasteiger partial charge in [-0.25, -0.2) is 9.97 Å². The number of nitrogens with zero attached hydrogens (tertiary/aromatic N) is 2. The van der Waals surface area contributed by atoms with E-state index in [4.69, 9.17) is 11.6 Å². The second-order valence-electron chi connectivity index (χ2n) is 6.95. The topological polar surface area (TPSA) is 37.8 Å². The van der Waals surface area contributed by atoms with Crippen molar-refractivity contribution in [3.8, 4) is 0 Å². The number of rotatable bonds is 2. The summed E-state index contributed by atoms with van der Waals surface area (Å²) in [5, 5.41) is 4.04. The van der Waals surface area contributed by atoms with Crippen molar-refractivity contribution in [1.82, 2.24) is 9.97 Å². The molecule has 1 fully saturated rings. The van der Waals surface area contributed by atoms with Gasteiger partial charge in [0.1, 0.15) is 16.8 Å². The summed E-state index contributed by atoms with van der Waals surface area (Å²) in [6.07, 6.45) is 1.18. The molecule has 0 aromatic carbocycles. The van der Waals surface area contributed by atoms with Crippen molar-refractivity contribution in [2.24, 2.45) is 5.41 Å². The molecule has 0 spiro atoms. The van der Waals surface area contributed by atoms with E-state index in [0.717, 1.165) is 17.2 Å². The number of aromatic nitrogens is 2. The minimum Gasteiger partial charge on any atom is -0.366 e. The fourth-order valence-corrected chi connectivity index (χ4v) is 2.01. The first-order valence-corrected chi connectivity index (χ1v) is 6.80. The molecule has 1 aliphatic carbocycles. The Bertz CT molecular complexity index is 475. The van der Waals surface area contributed by atoms with Gasteiger partial charge in [-0.05, 0) is 18.8 Å². The summed E-state index contributed by atoms with van der Waals surface area (Å²) in [5.74, 6) is 1.68. The van der Waals surface area contributed by atoms with Crippen LogP contribution in [0.25, 0.3) is 0 Å². The predicted molar refractivity (Wildman–Crippen MR) is 76.3 cm³/mol. The van der Waals surface area contributed by atoms with Crippen LogP contribution in [0.2, 0.25) is 5.15 Å². The molecule has 100 valence electrons. The van der Waals surface area contributed by atoms with E-state index in [1.807, 2.05) is 6.92 Å². The molecule has 1 aliphatic rings. The van der Waals surface area contributed by atoms with Crippen molar-refractivity contribution in [3.05, 3.63) is 16.5 Å². The zero-order valence-electron chi connectivity index (χ0n) is 12.1. The highest BCUT2D eigenvalue weighted by atomic mass is 35.5. The third-order valence-electron chi connectivity index (χ3n) is 3.58. The molecule has 1 heterocycles. The van der Waals surface area contributed by atoms with Crippen LogP contribution >= 0.6 is 11.6 Å². The fraction of sp³-hybridized carbons (Fsp3) is 0.714. The molecule has 0 aliphatic heterocycles. The van der Waals surface area contributed by atoms with E-state index in [0.29, 0.717) is 16.6 Å². The fourth-order valence-electron chi connectivity index (χ4n) is 1.84. The average molecular weight is 268 g/mol. The van der Waals surface area contributed by atoms with Gasteiger partial charge in [0.05, 0.1) is 0 Å². The molecule has 0 bridgehead atoms.